The Morgan fingerprint density at radius 2 is 2.07 bits per heavy atom. The van der Waals surface area contributed by atoms with Crippen LogP contribution in [0.4, 0.5) is 19.0 Å². The molecule has 1 spiro atoms. The number of hydrogen-bond acceptors (Lipinski definition) is 9. The molecule has 2 aromatic heterocycles. The van der Waals surface area contributed by atoms with E-state index in [1.807, 2.05) is 0 Å². The van der Waals surface area contributed by atoms with Gasteiger partial charge in [0, 0.05) is 43.5 Å². The maximum atomic E-state index is 13.6. The van der Waals surface area contributed by atoms with Crippen molar-refractivity contribution in [3.05, 3.63) is 58.9 Å². The van der Waals surface area contributed by atoms with Crippen LogP contribution in [-0.4, -0.2) is 66.4 Å². The maximum Gasteiger partial charge on any atom is 0.422 e. The summed E-state index contributed by atoms with van der Waals surface area (Å²) < 4.78 is 73.1. The van der Waals surface area contributed by atoms with Gasteiger partial charge in [-0.05, 0) is 23.8 Å². The Hall–Kier alpha value is -4.18. The highest BCUT2D eigenvalue weighted by molar-refractivity contribution is 7.91. The number of carbonyl (C=O) groups excluding carboxylic acids is 2. The van der Waals surface area contributed by atoms with Crippen molar-refractivity contribution in [1.29, 1.82) is 0 Å². The summed E-state index contributed by atoms with van der Waals surface area (Å²) in [6.07, 6.45) is -1.65. The number of sulfone groups is 1. The van der Waals surface area contributed by atoms with E-state index in [4.69, 9.17) is 15.2 Å². The number of anilines is 1. The zero-order valence-electron chi connectivity index (χ0n) is 21.6. The number of halogens is 3. The largest absolute Gasteiger partial charge is 0.493 e. The Morgan fingerprint density at radius 3 is 2.73 bits per heavy atom. The first-order chi connectivity index (χ1) is 19.3. The van der Waals surface area contributed by atoms with Gasteiger partial charge >= 0.3 is 6.18 Å². The van der Waals surface area contributed by atoms with E-state index in [-0.39, 0.29) is 48.3 Å². The smallest absolute Gasteiger partial charge is 0.422 e. The number of ether oxygens (including phenoxy) is 2. The van der Waals surface area contributed by atoms with Crippen LogP contribution < -0.4 is 25.8 Å². The van der Waals surface area contributed by atoms with Crippen LogP contribution in [0.1, 0.15) is 33.6 Å². The second-order valence-corrected chi connectivity index (χ2v) is 11.9. The molecule has 218 valence electrons. The molecule has 4 N–H and O–H groups in total. The number of nitrogens with one attached hydrogen (secondary N) is 2. The Balaban J connectivity index is 1.54. The fourth-order valence-corrected chi connectivity index (χ4v) is 5.39. The van der Waals surface area contributed by atoms with Crippen molar-refractivity contribution >= 4 is 27.5 Å². The lowest BCUT2D eigenvalue weighted by Gasteiger charge is -2.41. The molecule has 41 heavy (non-hydrogen) atoms. The molecule has 12 nitrogen and oxygen atoms in total. The molecule has 3 aromatic rings. The number of fused-ring (bicyclic) bond motifs is 3. The number of alkyl halides is 3. The second kappa shape index (κ2) is 10.3. The molecule has 2 aliphatic heterocycles. The number of aromatic nitrogens is 3. The number of hydrogen-bond donors (Lipinski definition) is 3. The predicted octanol–water partition coefficient (Wildman–Crippen LogP) is 1.61. The molecule has 0 aliphatic carbocycles. The van der Waals surface area contributed by atoms with E-state index < -0.39 is 45.7 Å². The number of amides is 2. The lowest BCUT2D eigenvalue weighted by atomic mass is 9.77. The van der Waals surface area contributed by atoms with Gasteiger partial charge in [-0.1, -0.05) is 6.07 Å². The van der Waals surface area contributed by atoms with Gasteiger partial charge in [-0.3, -0.25) is 9.59 Å². The van der Waals surface area contributed by atoms with Gasteiger partial charge in [-0.25, -0.2) is 13.4 Å². The zero-order valence-corrected chi connectivity index (χ0v) is 22.4. The number of nitrogens with two attached hydrogens (primary N) is 1. The van der Waals surface area contributed by atoms with Crippen LogP contribution in [0.3, 0.4) is 0 Å². The monoisotopic (exact) mass is 594 g/mol. The first kappa shape index (κ1) is 28.4. The van der Waals surface area contributed by atoms with Crippen molar-refractivity contribution in [2.24, 2.45) is 5.73 Å². The standard InChI is InChI=1S/C25H25F3N6O6S/c1-41(37,38)12-20(35)31-22-21-17(33-34(22)19-5-2-14(10-29)11-30-19)9-24(32-23(21)36)6-7-39-18-8-15(3-4-16(18)24)40-13-25(26,27)28/h2-5,8,11H,6-7,9-10,12-13,29H2,1H3,(H,31,35)(H,32,36)/t24-/m1/s1. The minimum absolute atomic E-state index is 0.0281. The third-order valence-corrected chi connectivity index (χ3v) is 7.36. The molecular weight excluding hydrogens is 569 g/mol. The van der Waals surface area contributed by atoms with Gasteiger partial charge in [0.2, 0.25) is 5.91 Å². The molecule has 2 amide bonds. The third kappa shape index (κ3) is 5.97. The van der Waals surface area contributed by atoms with Gasteiger partial charge in [-0.15, -0.1) is 0 Å². The Bertz CT molecular complexity index is 1620. The lowest BCUT2D eigenvalue weighted by Crippen LogP contribution is -2.53. The minimum Gasteiger partial charge on any atom is -0.493 e. The van der Waals surface area contributed by atoms with Crippen LogP contribution in [0.25, 0.3) is 5.82 Å². The van der Waals surface area contributed by atoms with Crippen molar-refractivity contribution in [1.82, 2.24) is 20.1 Å². The number of benzene rings is 1. The second-order valence-electron chi connectivity index (χ2n) is 9.80. The van der Waals surface area contributed by atoms with Gasteiger partial charge in [0.1, 0.15) is 22.8 Å². The van der Waals surface area contributed by atoms with Gasteiger partial charge in [0.25, 0.3) is 5.91 Å². The Morgan fingerprint density at radius 1 is 1.29 bits per heavy atom. The van der Waals surface area contributed by atoms with Crippen LogP contribution in [0.5, 0.6) is 11.5 Å². The van der Waals surface area contributed by atoms with Crippen molar-refractivity contribution in [3.8, 4) is 17.3 Å². The molecule has 5 rings (SSSR count). The fraction of sp³-hybridized carbons (Fsp3) is 0.360. The molecule has 0 saturated carbocycles. The van der Waals surface area contributed by atoms with Crippen molar-refractivity contribution < 1.29 is 40.7 Å². The van der Waals surface area contributed by atoms with Crippen LogP contribution in [0, 0.1) is 0 Å². The van der Waals surface area contributed by atoms with Crippen LogP contribution >= 0.6 is 0 Å². The normalized spacial score (nSPS) is 18.2. The lowest BCUT2D eigenvalue weighted by molar-refractivity contribution is -0.153. The van der Waals surface area contributed by atoms with E-state index in [1.54, 1.807) is 12.1 Å². The molecule has 2 aliphatic rings. The highest BCUT2D eigenvalue weighted by Gasteiger charge is 2.46. The number of carbonyl (C=O) groups is 2. The van der Waals surface area contributed by atoms with Crippen LogP contribution in [0.2, 0.25) is 0 Å². The van der Waals surface area contributed by atoms with Crippen molar-refractivity contribution in [3.63, 3.8) is 0 Å². The fourth-order valence-electron chi connectivity index (χ4n) is 4.84. The summed E-state index contributed by atoms with van der Waals surface area (Å²) in [5.41, 5.74) is 6.19. The van der Waals surface area contributed by atoms with Gasteiger partial charge in [0.05, 0.1) is 17.8 Å². The SMILES string of the molecule is CS(=O)(=O)CC(=O)Nc1c2c(nn1-c1ccc(CN)cn1)C[C@@]1(CCOc3cc(OCC(F)(F)F)ccc31)NC2=O. The van der Waals surface area contributed by atoms with Crippen LogP contribution in [-0.2, 0) is 33.1 Å². The van der Waals surface area contributed by atoms with Gasteiger partial charge in [-0.2, -0.15) is 23.0 Å². The highest BCUT2D eigenvalue weighted by atomic mass is 32.2. The minimum atomic E-state index is -4.52. The number of nitrogens with zero attached hydrogens (tertiary/aromatic N) is 3. The summed E-state index contributed by atoms with van der Waals surface area (Å²) in [6, 6.07) is 7.51. The summed E-state index contributed by atoms with van der Waals surface area (Å²) in [6.45, 7) is -1.09. The van der Waals surface area contributed by atoms with E-state index >= 15 is 0 Å². The zero-order chi connectivity index (χ0) is 29.6. The first-order valence-electron chi connectivity index (χ1n) is 12.3. The van der Waals surface area contributed by atoms with E-state index in [9.17, 15) is 31.2 Å². The summed E-state index contributed by atoms with van der Waals surface area (Å²) in [7, 11) is -3.68. The molecule has 1 atom stereocenters. The van der Waals surface area contributed by atoms with Crippen molar-refractivity contribution in [2.45, 2.75) is 31.1 Å². The van der Waals surface area contributed by atoms with E-state index in [1.165, 1.54) is 29.1 Å². The molecule has 1 aromatic carbocycles. The molecule has 0 fully saturated rings. The molecular formula is C25H25F3N6O6S. The first-order valence-corrected chi connectivity index (χ1v) is 14.4. The average Bonchev–Trinajstić information content (AvgIpc) is 3.24. The average molecular weight is 595 g/mol. The number of pyridine rings is 1. The summed E-state index contributed by atoms with van der Waals surface area (Å²) in [5, 5.41) is 10.0. The topological polar surface area (TPSA) is 168 Å². The summed E-state index contributed by atoms with van der Waals surface area (Å²) >= 11 is 0. The van der Waals surface area contributed by atoms with E-state index in [0.717, 1.165) is 11.8 Å². The molecule has 4 heterocycles. The number of rotatable bonds is 7. The highest BCUT2D eigenvalue weighted by Crippen LogP contribution is 2.44. The summed E-state index contributed by atoms with van der Waals surface area (Å²) in [4.78, 5) is 30.5. The third-order valence-electron chi connectivity index (χ3n) is 6.58. The van der Waals surface area contributed by atoms with E-state index in [0.29, 0.717) is 17.7 Å². The molecule has 0 bridgehead atoms. The quantitative estimate of drug-likeness (QED) is 0.368. The predicted molar refractivity (Wildman–Crippen MR) is 139 cm³/mol. The summed E-state index contributed by atoms with van der Waals surface area (Å²) in [5.74, 6) is -1.90. The van der Waals surface area contributed by atoms with Crippen LogP contribution in [0.15, 0.2) is 36.5 Å². The molecule has 0 unspecified atom stereocenters. The Kier molecular flexibility index (Phi) is 7.15. The van der Waals surface area contributed by atoms with E-state index in [2.05, 4.69) is 20.7 Å². The van der Waals surface area contributed by atoms with Crippen molar-refractivity contribution in [2.75, 3.05) is 30.5 Å². The Labute approximate surface area is 231 Å². The molecule has 0 radical (unpaired) electrons. The van der Waals surface area contributed by atoms with Gasteiger partial charge < -0.3 is 25.8 Å². The maximum absolute atomic E-state index is 13.6. The molecule has 16 heteroatoms. The van der Waals surface area contributed by atoms with Gasteiger partial charge in [0.15, 0.2) is 28.1 Å². The molecule has 0 saturated heterocycles.